The molecule has 2 N–H and O–H groups in total. The third-order valence-corrected chi connectivity index (χ3v) is 5.26. The highest BCUT2D eigenvalue weighted by Crippen LogP contribution is 2.38. The minimum absolute atomic E-state index is 0.0417. The molecule has 2 heterocycles. The fraction of sp³-hybridized carbons (Fsp3) is 0.474. The van der Waals surface area contributed by atoms with Crippen LogP contribution in [0, 0.1) is 0 Å². The molecule has 138 valence electrons. The molecule has 0 aromatic heterocycles. The van der Waals surface area contributed by atoms with E-state index in [1.807, 2.05) is 52.0 Å². The lowest BCUT2D eigenvalue weighted by Crippen LogP contribution is -2.41. The summed E-state index contributed by atoms with van der Waals surface area (Å²) in [5, 5.41) is 5.64. The number of carbonyl (C=O) groups excluding carboxylic acids is 2. The summed E-state index contributed by atoms with van der Waals surface area (Å²) in [4.78, 5) is 23.1. The number of benzene rings is 1. The molecule has 1 saturated heterocycles. The summed E-state index contributed by atoms with van der Waals surface area (Å²) in [6.07, 6.45) is 1.96. The van der Waals surface area contributed by atoms with Crippen LogP contribution < -0.4 is 10.6 Å². The Kier molecular flexibility index (Phi) is 4.71. The zero-order chi connectivity index (χ0) is 19.1. The van der Waals surface area contributed by atoms with Gasteiger partial charge in [-0.3, -0.25) is 9.59 Å². The van der Waals surface area contributed by atoms with Crippen molar-refractivity contribution in [1.29, 1.82) is 0 Å². The van der Waals surface area contributed by atoms with Crippen molar-refractivity contribution in [2.45, 2.75) is 52.4 Å². The number of nitrogens with one attached hydrogen (secondary N) is 2. The molecule has 0 atom stereocenters. The minimum Gasteiger partial charge on any atom is -0.400 e. The normalized spacial score (nSPS) is 20.7. The molecule has 1 aromatic rings. The third-order valence-electron chi connectivity index (χ3n) is 5.26. The molecule has 2 amide bonds. The van der Waals surface area contributed by atoms with E-state index in [0.717, 1.165) is 16.6 Å². The molecule has 0 saturated carbocycles. The van der Waals surface area contributed by atoms with Gasteiger partial charge in [0.1, 0.15) is 0 Å². The van der Waals surface area contributed by atoms with Crippen molar-refractivity contribution >= 4 is 25.0 Å². The summed E-state index contributed by atoms with van der Waals surface area (Å²) in [5.74, 6) is -0.156. The first-order valence-electron chi connectivity index (χ1n) is 8.81. The van der Waals surface area contributed by atoms with Crippen molar-refractivity contribution in [3.05, 3.63) is 40.4 Å². The van der Waals surface area contributed by atoms with Gasteiger partial charge >= 0.3 is 7.12 Å². The summed E-state index contributed by atoms with van der Waals surface area (Å²) in [7, 11) is -0.542. The van der Waals surface area contributed by atoms with Crippen LogP contribution in [0.15, 0.2) is 23.7 Å². The quantitative estimate of drug-likeness (QED) is 0.810. The molecule has 26 heavy (non-hydrogen) atoms. The Hall–Kier alpha value is -2.12. The monoisotopic (exact) mass is 356 g/mol. The summed E-state index contributed by atoms with van der Waals surface area (Å²) >= 11 is 0. The van der Waals surface area contributed by atoms with Crippen molar-refractivity contribution in [2.24, 2.45) is 0 Å². The smallest absolute Gasteiger partial charge is 0.400 e. The number of hydrogen-bond donors (Lipinski definition) is 2. The van der Waals surface area contributed by atoms with Crippen molar-refractivity contribution < 1.29 is 18.9 Å². The molecule has 0 unspecified atom stereocenters. The Morgan fingerprint density at radius 3 is 2.54 bits per heavy atom. The van der Waals surface area contributed by atoms with Crippen LogP contribution in [-0.2, 0) is 20.6 Å². The molecule has 2 aliphatic rings. The van der Waals surface area contributed by atoms with Gasteiger partial charge in [0.05, 0.1) is 11.2 Å². The van der Waals surface area contributed by atoms with Gasteiger partial charge < -0.3 is 19.9 Å². The second-order valence-electron chi connectivity index (χ2n) is 7.82. The summed E-state index contributed by atoms with van der Waals surface area (Å²) < 4.78 is 12.3. The Bertz CT molecular complexity index is 770. The second-order valence-corrected chi connectivity index (χ2v) is 7.82. The molecule has 2 aliphatic heterocycles. The summed E-state index contributed by atoms with van der Waals surface area (Å²) in [5.41, 5.74) is 2.53. The van der Waals surface area contributed by atoms with E-state index in [2.05, 4.69) is 10.6 Å². The van der Waals surface area contributed by atoms with Gasteiger partial charge in [-0.1, -0.05) is 12.1 Å². The van der Waals surface area contributed by atoms with Crippen LogP contribution in [0.5, 0.6) is 0 Å². The van der Waals surface area contributed by atoms with E-state index in [1.165, 1.54) is 6.92 Å². The maximum Gasteiger partial charge on any atom is 0.492 e. The van der Waals surface area contributed by atoms with Gasteiger partial charge in [-0.25, -0.2) is 0 Å². The van der Waals surface area contributed by atoms with Gasteiger partial charge in [0.15, 0.2) is 0 Å². The van der Waals surface area contributed by atoms with Crippen molar-refractivity contribution in [2.75, 3.05) is 6.54 Å². The second kappa shape index (κ2) is 6.56. The van der Waals surface area contributed by atoms with E-state index in [4.69, 9.17) is 9.31 Å². The first-order chi connectivity index (χ1) is 12.1. The van der Waals surface area contributed by atoms with Gasteiger partial charge in [0, 0.05) is 25.6 Å². The Labute approximate surface area is 154 Å². The molecule has 1 fully saturated rings. The average molecular weight is 356 g/mol. The van der Waals surface area contributed by atoms with Gasteiger partial charge in [0.2, 0.25) is 5.91 Å². The SMILES string of the molecule is CC(=O)NCC(=Cc1ccc2c(c1)CNC2=O)B1OC(C)(C)C(C)(C)O1. The first kappa shape index (κ1) is 18.7. The largest absolute Gasteiger partial charge is 0.492 e. The van der Waals surface area contributed by atoms with Gasteiger partial charge in [-0.15, -0.1) is 0 Å². The van der Waals surface area contributed by atoms with E-state index in [9.17, 15) is 9.59 Å². The summed E-state index contributed by atoms with van der Waals surface area (Å²) in [6.45, 7) is 10.3. The maximum atomic E-state index is 11.7. The molecule has 0 radical (unpaired) electrons. The first-order valence-corrected chi connectivity index (χ1v) is 8.81. The number of amides is 2. The maximum absolute atomic E-state index is 11.7. The molecule has 0 spiro atoms. The van der Waals surface area contributed by atoms with E-state index >= 15 is 0 Å². The topological polar surface area (TPSA) is 76.7 Å². The van der Waals surface area contributed by atoms with Crippen LogP contribution in [0.1, 0.15) is 56.1 Å². The Morgan fingerprint density at radius 1 is 1.27 bits per heavy atom. The zero-order valence-electron chi connectivity index (χ0n) is 15.9. The van der Waals surface area contributed by atoms with E-state index < -0.39 is 18.3 Å². The molecule has 6 nitrogen and oxygen atoms in total. The Morgan fingerprint density at radius 2 is 1.92 bits per heavy atom. The minimum atomic E-state index is -0.542. The van der Waals surface area contributed by atoms with E-state index in [0.29, 0.717) is 18.7 Å². The van der Waals surface area contributed by atoms with Crippen molar-refractivity contribution in [3.8, 4) is 0 Å². The van der Waals surface area contributed by atoms with Gasteiger partial charge in [0.25, 0.3) is 5.91 Å². The fourth-order valence-corrected chi connectivity index (χ4v) is 2.98. The highest BCUT2D eigenvalue weighted by molar-refractivity contribution is 6.56. The van der Waals surface area contributed by atoms with Crippen LogP contribution in [0.4, 0.5) is 0 Å². The van der Waals surface area contributed by atoms with Crippen LogP contribution in [-0.4, -0.2) is 36.7 Å². The number of hydrogen-bond acceptors (Lipinski definition) is 4. The van der Waals surface area contributed by atoms with Gasteiger partial charge in [-0.2, -0.15) is 0 Å². The lowest BCUT2D eigenvalue weighted by Gasteiger charge is -2.32. The van der Waals surface area contributed by atoms with Crippen LogP contribution in [0.25, 0.3) is 6.08 Å². The average Bonchev–Trinajstić information content (AvgIpc) is 3.00. The Balaban J connectivity index is 1.90. The predicted octanol–water partition coefficient (Wildman–Crippen LogP) is 2.08. The highest BCUT2D eigenvalue weighted by Gasteiger charge is 2.52. The van der Waals surface area contributed by atoms with Gasteiger partial charge in [-0.05, 0) is 56.4 Å². The zero-order valence-corrected chi connectivity index (χ0v) is 15.9. The molecule has 3 rings (SSSR count). The predicted molar refractivity (Wildman–Crippen MR) is 100 cm³/mol. The van der Waals surface area contributed by atoms with E-state index in [1.54, 1.807) is 0 Å². The van der Waals surface area contributed by atoms with Crippen molar-refractivity contribution in [1.82, 2.24) is 10.6 Å². The number of rotatable bonds is 4. The summed E-state index contributed by atoms with van der Waals surface area (Å²) in [6, 6.07) is 5.69. The van der Waals surface area contributed by atoms with Crippen molar-refractivity contribution in [3.63, 3.8) is 0 Å². The van der Waals surface area contributed by atoms with Crippen LogP contribution in [0.2, 0.25) is 0 Å². The van der Waals surface area contributed by atoms with Crippen LogP contribution in [0.3, 0.4) is 0 Å². The molecular formula is C19H25BN2O4. The van der Waals surface area contributed by atoms with E-state index in [-0.39, 0.29) is 11.8 Å². The molecule has 0 bridgehead atoms. The molecule has 1 aromatic carbocycles. The molecule has 0 aliphatic carbocycles. The standard InChI is InChI=1S/C19H25BN2O4/c1-12(23)21-11-15(20-25-18(2,3)19(4,5)26-20)9-13-6-7-16-14(8-13)10-22-17(16)24/h6-9H,10-11H2,1-5H3,(H,21,23)(H,22,24). The number of carbonyl (C=O) groups is 2. The van der Waals surface area contributed by atoms with Crippen LogP contribution >= 0.6 is 0 Å². The molecule has 7 heteroatoms. The fourth-order valence-electron chi connectivity index (χ4n) is 2.98. The molecular weight excluding hydrogens is 331 g/mol. The lowest BCUT2D eigenvalue weighted by atomic mass is 9.77. The number of fused-ring (bicyclic) bond motifs is 1. The lowest BCUT2D eigenvalue weighted by molar-refractivity contribution is -0.118. The third kappa shape index (κ3) is 3.55. The highest BCUT2D eigenvalue weighted by atomic mass is 16.7.